The predicted octanol–water partition coefficient (Wildman–Crippen LogP) is 2.19. The van der Waals surface area contributed by atoms with E-state index in [0.29, 0.717) is 6.61 Å². The third-order valence-electron chi connectivity index (χ3n) is 4.12. The lowest BCUT2D eigenvalue weighted by Gasteiger charge is -2.32. The predicted molar refractivity (Wildman–Crippen MR) is 83.9 cm³/mol. The van der Waals surface area contributed by atoms with Gasteiger partial charge in [0.1, 0.15) is 5.82 Å². The number of hydrogen-bond acceptors (Lipinski definition) is 3. The van der Waals surface area contributed by atoms with Gasteiger partial charge in [0.15, 0.2) is 0 Å². The molecule has 2 rings (SSSR count). The van der Waals surface area contributed by atoms with Crippen molar-refractivity contribution < 1.29 is 13.9 Å². The second kappa shape index (κ2) is 8.25. The van der Waals surface area contributed by atoms with Gasteiger partial charge in [-0.15, -0.1) is 0 Å². The number of amides is 1. The minimum absolute atomic E-state index is 0.0684. The summed E-state index contributed by atoms with van der Waals surface area (Å²) in [6.45, 7) is 5.06. The number of ether oxygens (including phenoxy) is 1. The summed E-state index contributed by atoms with van der Waals surface area (Å²) >= 11 is 0. The van der Waals surface area contributed by atoms with Gasteiger partial charge in [0.2, 0.25) is 5.91 Å². The molecule has 1 N–H and O–H groups in total. The van der Waals surface area contributed by atoms with Crippen molar-refractivity contribution >= 4 is 5.91 Å². The highest BCUT2D eigenvalue weighted by Crippen LogP contribution is 2.15. The molecular formula is C17H25FN2O2. The summed E-state index contributed by atoms with van der Waals surface area (Å²) < 4.78 is 17.9. The number of nitrogens with zero attached hydrogens (tertiary/aromatic N) is 1. The number of piperidine rings is 1. The SMILES string of the molecule is COCC(C)C(=O)NC1CCN(Cc2ccc(F)cc2)CC1. The van der Waals surface area contributed by atoms with Crippen LogP contribution in [0.15, 0.2) is 24.3 Å². The molecular weight excluding hydrogens is 283 g/mol. The van der Waals surface area contributed by atoms with Crippen LogP contribution in [0.3, 0.4) is 0 Å². The lowest BCUT2D eigenvalue weighted by Crippen LogP contribution is -2.46. The van der Waals surface area contributed by atoms with Gasteiger partial charge in [0.25, 0.3) is 0 Å². The topological polar surface area (TPSA) is 41.6 Å². The first-order valence-electron chi connectivity index (χ1n) is 7.84. The summed E-state index contributed by atoms with van der Waals surface area (Å²) in [7, 11) is 1.61. The van der Waals surface area contributed by atoms with Crippen LogP contribution < -0.4 is 5.32 Å². The van der Waals surface area contributed by atoms with Crippen LogP contribution in [0.25, 0.3) is 0 Å². The van der Waals surface area contributed by atoms with Crippen molar-refractivity contribution in [3.63, 3.8) is 0 Å². The van der Waals surface area contributed by atoms with Gasteiger partial charge in [0.05, 0.1) is 12.5 Å². The van der Waals surface area contributed by atoms with Crippen LogP contribution >= 0.6 is 0 Å². The summed E-state index contributed by atoms with van der Waals surface area (Å²) in [5, 5.41) is 3.10. The van der Waals surface area contributed by atoms with Crippen molar-refractivity contribution in [1.29, 1.82) is 0 Å². The van der Waals surface area contributed by atoms with Crippen LogP contribution in [0, 0.1) is 11.7 Å². The summed E-state index contributed by atoms with van der Waals surface area (Å²) in [4.78, 5) is 14.3. The Morgan fingerprint density at radius 1 is 1.36 bits per heavy atom. The first kappa shape index (κ1) is 16.9. The zero-order valence-electron chi connectivity index (χ0n) is 13.3. The number of nitrogens with one attached hydrogen (secondary N) is 1. The molecule has 4 nitrogen and oxygen atoms in total. The number of carbonyl (C=O) groups excluding carboxylic acids is 1. The average Bonchev–Trinajstić information content (AvgIpc) is 2.51. The van der Waals surface area contributed by atoms with Crippen molar-refractivity contribution in [1.82, 2.24) is 10.2 Å². The number of halogens is 1. The van der Waals surface area contributed by atoms with Crippen LogP contribution in [-0.4, -0.2) is 43.7 Å². The maximum Gasteiger partial charge on any atom is 0.225 e. The Balaban J connectivity index is 1.73. The summed E-state index contributed by atoms with van der Waals surface area (Å²) in [5.74, 6) is -0.239. The van der Waals surface area contributed by atoms with E-state index in [-0.39, 0.29) is 23.7 Å². The minimum Gasteiger partial charge on any atom is -0.384 e. The van der Waals surface area contributed by atoms with Crippen LogP contribution in [-0.2, 0) is 16.1 Å². The highest BCUT2D eigenvalue weighted by molar-refractivity contribution is 5.78. The normalized spacial score (nSPS) is 18.1. The Kier molecular flexibility index (Phi) is 6.34. The summed E-state index contributed by atoms with van der Waals surface area (Å²) in [5.41, 5.74) is 1.12. The van der Waals surface area contributed by atoms with Gasteiger partial charge in [-0.3, -0.25) is 9.69 Å². The van der Waals surface area contributed by atoms with E-state index >= 15 is 0 Å². The molecule has 22 heavy (non-hydrogen) atoms. The fourth-order valence-corrected chi connectivity index (χ4v) is 2.75. The number of hydrogen-bond donors (Lipinski definition) is 1. The Labute approximate surface area is 131 Å². The van der Waals surface area contributed by atoms with Gasteiger partial charge in [-0.05, 0) is 30.5 Å². The molecule has 0 radical (unpaired) electrons. The maximum atomic E-state index is 12.9. The molecule has 1 aromatic rings. The molecule has 1 heterocycles. The summed E-state index contributed by atoms with van der Waals surface area (Å²) in [6, 6.07) is 6.90. The largest absolute Gasteiger partial charge is 0.384 e. The van der Waals surface area contributed by atoms with E-state index in [1.165, 1.54) is 12.1 Å². The van der Waals surface area contributed by atoms with Gasteiger partial charge in [-0.25, -0.2) is 4.39 Å². The summed E-state index contributed by atoms with van der Waals surface area (Å²) in [6.07, 6.45) is 1.90. The molecule has 1 atom stereocenters. The van der Waals surface area contributed by atoms with E-state index in [2.05, 4.69) is 10.2 Å². The Morgan fingerprint density at radius 2 is 2.00 bits per heavy atom. The molecule has 1 amide bonds. The molecule has 1 fully saturated rings. The highest BCUT2D eigenvalue weighted by Gasteiger charge is 2.22. The minimum atomic E-state index is -0.199. The number of methoxy groups -OCH3 is 1. The number of carbonyl (C=O) groups is 1. The van der Waals surface area contributed by atoms with Gasteiger partial charge in [0, 0.05) is 32.8 Å². The van der Waals surface area contributed by atoms with Crippen LogP contribution in [0.2, 0.25) is 0 Å². The zero-order valence-corrected chi connectivity index (χ0v) is 13.3. The molecule has 0 saturated carbocycles. The smallest absolute Gasteiger partial charge is 0.225 e. The molecule has 5 heteroatoms. The van der Waals surface area contributed by atoms with E-state index in [1.54, 1.807) is 7.11 Å². The second-order valence-electron chi connectivity index (χ2n) is 6.04. The lowest BCUT2D eigenvalue weighted by atomic mass is 10.0. The number of rotatable bonds is 6. The molecule has 1 unspecified atom stereocenters. The first-order valence-corrected chi connectivity index (χ1v) is 7.84. The molecule has 1 aliphatic rings. The van der Waals surface area contributed by atoms with E-state index in [9.17, 15) is 9.18 Å². The number of benzene rings is 1. The van der Waals surface area contributed by atoms with E-state index in [0.717, 1.165) is 38.0 Å². The third-order valence-corrected chi connectivity index (χ3v) is 4.12. The molecule has 0 aliphatic carbocycles. The van der Waals surface area contributed by atoms with Crippen molar-refractivity contribution in [2.75, 3.05) is 26.8 Å². The second-order valence-corrected chi connectivity index (χ2v) is 6.04. The molecule has 1 aliphatic heterocycles. The van der Waals surface area contributed by atoms with Crippen LogP contribution in [0.1, 0.15) is 25.3 Å². The van der Waals surface area contributed by atoms with E-state index in [1.807, 2.05) is 19.1 Å². The van der Waals surface area contributed by atoms with Crippen molar-refractivity contribution in [3.05, 3.63) is 35.6 Å². The Bertz CT molecular complexity index is 470. The number of likely N-dealkylation sites (tertiary alicyclic amines) is 1. The maximum absolute atomic E-state index is 12.9. The molecule has 0 aromatic heterocycles. The monoisotopic (exact) mass is 308 g/mol. The standard InChI is InChI=1S/C17H25FN2O2/c1-13(12-22-2)17(21)19-16-7-9-20(10-8-16)11-14-3-5-15(18)6-4-14/h3-6,13,16H,7-12H2,1-2H3,(H,19,21). The fourth-order valence-electron chi connectivity index (χ4n) is 2.75. The first-order chi connectivity index (χ1) is 10.6. The van der Waals surface area contributed by atoms with Crippen molar-refractivity contribution in [3.8, 4) is 0 Å². The molecule has 0 spiro atoms. The molecule has 1 saturated heterocycles. The van der Waals surface area contributed by atoms with Gasteiger partial charge in [-0.2, -0.15) is 0 Å². The van der Waals surface area contributed by atoms with Gasteiger partial charge < -0.3 is 10.1 Å². The lowest BCUT2D eigenvalue weighted by molar-refractivity contribution is -0.127. The Morgan fingerprint density at radius 3 is 2.59 bits per heavy atom. The van der Waals surface area contributed by atoms with Crippen molar-refractivity contribution in [2.24, 2.45) is 5.92 Å². The Hall–Kier alpha value is -1.46. The fraction of sp³-hybridized carbons (Fsp3) is 0.588. The van der Waals surface area contributed by atoms with Gasteiger partial charge in [-0.1, -0.05) is 19.1 Å². The van der Waals surface area contributed by atoms with Gasteiger partial charge >= 0.3 is 0 Å². The van der Waals surface area contributed by atoms with Crippen molar-refractivity contribution in [2.45, 2.75) is 32.4 Å². The van der Waals surface area contributed by atoms with E-state index in [4.69, 9.17) is 4.74 Å². The van der Waals surface area contributed by atoms with E-state index < -0.39 is 0 Å². The molecule has 122 valence electrons. The molecule has 1 aromatic carbocycles. The molecule has 0 bridgehead atoms. The highest BCUT2D eigenvalue weighted by atomic mass is 19.1. The average molecular weight is 308 g/mol. The third kappa shape index (κ3) is 5.07. The zero-order chi connectivity index (χ0) is 15.9. The van der Waals surface area contributed by atoms with Crippen LogP contribution in [0.5, 0.6) is 0 Å². The van der Waals surface area contributed by atoms with Crippen LogP contribution in [0.4, 0.5) is 4.39 Å². The quantitative estimate of drug-likeness (QED) is 0.876.